The minimum Gasteiger partial charge on any atom is -0.390 e. The summed E-state index contributed by atoms with van der Waals surface area (Å²) in [7, 11) is 0. The molecule has 0 aromatic rings. The molecular formula is C19H34O2. The highest BCUT2D eigenvalue weighted by atomic mass is 16.3. The van der Waals surface area contributed by atoms with Crippen molar-refractivity contribution in [3.8, 4) is 0 Å². The van der Waals surface area contributed by atoms with Crippen molar-refractivity contribution in [3.05, 3.63) is 12.7 Å². The standard InChI is InChI=1S/C19H34O2/c1-7-17(4,20)13-15-18(5)11-8-10-16(2,3)14(18)9-12-19(15,6)21/h7,14-15,20-21H,1,8-13H2,2-6H3/t14-,15-,17+,18-,19-/m0/s1. The van der Waals surface area contributed by atoms with Crippen LogP contribution in [0.15, 0.2) is 12.7 Å². The highest BCUT2D eigenvalue weighted by molar-refractivity contribution is 5.10. The highest BCUT2D eigenvalue weighted by Gasteiger charge is 2.58. The average molecular weight is 294 g/mol. The molecule has 2 aliphatic rings. The first-order chi connectivity index (χ1) is 9.45. The van der Waals surface area contributed by atoms with E-state index in [0.717, 1.165) is 19.3 Å². The van der Waals surface area contributed by atoms with Crippen LogP contribution in [0, 0.1) is 22.7 Å². The Morgan fingerprint density at radius 1 is 1.19 bits per heavy atom. The summed E-state index contributed by atoms with van der Waals surface area (Å²) in [4.78, 5) is 0. The Morgan fingerprint density at radius 2 is 1.81 bits per heavy atom. The lowest BCUT2D eigenvalue weighted by Gasteiger charge is -2.62. The molecular weight excluding hydrogens is 260 g/mol. The predicted molar refractivity (Wildman–Crippen MR) is 88.0 cm³/mol. The zero-order chi connectivity index (χ0) is 16.1. The fraction of sp³-hybridized carbons (Fsp3) is 0.895. The van der Waals surface area contributed by atoms with Crippen LogP contribution in [0.25, 0.3) is 0 Å². The molecule has 2 nitrogen and oxygen atoms in total. The molecule has 0 spiro atoms. The van der Waals surface area contributed by atoms with E-state index in [-0.39, 0.29) is 11.3 Å². The van der Waals surface area contributed by atoms with Gasteiger partial charge in [-0.3, -0.25) is 0 Å². The molecule has 0 unspecified atom stereocenters. The van der Waals surface area contributed by atoms with Crippen molar-refractivity contribution in [2.75, 3.05) is 0 Å². The van der Waals surface area contributed by atoms with Gasteiger partial charge in [0.1, 0.15) is 0 Å². The Labute approximate surface area is 130 Å². The molecule has 0 aromatic carbocycles. The Morgan fingerprint density at radius 3 is 2.38 bits per heavy atom. The number of hydrogen-bond acceptors (Lipinski definition) is 2. The first-order valence-electron chi connectivity index (χ1n) is 8.53. The van der Waals surface area contributed by atoms with Crippen LogP contribution in [0.5, 0.6) is 0 Å². The van der Waals surface area contributed by atoms with E-state index >= 15 is 0 Å². The van der Waals surface area contributed by atoms with Crippen molar-refractivity contribution in [2.24, 2.45) is 22.7 Å². The van der Waals surface area contributed by atoms with E-state index in [0.29, 0.717) is 17.8 Å². The number of aliphatic hydroxyl groups is 2. The van der Waals surface area contributed by atoms with Gasteiger partial charge in [-0.1, -0.05) is 33.3 Å². The topological polar surface area (TPSA) is 40.5 Å². The molecule has 5 atom stereocenters. The summed E-state index contributed by atoms with van der Waals surface area (Å²) in [6, 6.07) is 0. The molecule has 0 aliphatic heterocycles. The molecule has 2 heteroatoms. The van der Waals surface area contributed by atoms with Gasteiger partial charge in [0.25, 0.3) is 0 Å². The smallest absolute Gasteiger partial charge is 0.0801 e. The molecule has 2 rings (SSSR count). The molecule has 21 heavy (non-hydrogen) atoms. The fourth-order valence-electron chi connectivity index (χ4n) is 5.57. The molecule has 0 bridgehead atoms. The summed E-state index contributed by atoms with van der Waals surface area (Å²) in [5.41, 5.74) is -1.15. The molecule has 0 heterocycles. The third kappa shape index (κ3) is 2.94. The van der Waals surface area contributed by atoms with Crippen LogP contribution in [0.3, 0.4) is 0 Å². The van der Waals surface area contributed by atoms with E-state index in [1.165, 1.54) is 12.8 Å². The number of fused-ring (bicyclic) bond motifs is 1. The van der Waals surface area contributed by atoms with E-state index in [2.05, 4.69) is 27.4 Å². The monoisotopic (exact) mass is 294 g/mol. The van der Waals surface area contributed by atoms with Gasteiger partial charge in [-0.2, -0.15) is 0 Å². The third-order valence-electron chi connectivity index (χ3n) is 6.82. The Bertz CT molecular complexity index is 408. The maximum atomic E-state index is 11.0. The van der Waals surface area contributed by atoms with Crippen LogP contribution < -0.4 is 0 Å². The summed E-state index contributed by atoms with van der Waals surface area (Å²) in [5.74, 6) is 0.751. The molecule has 0 radical (unpaired) electrons. The summed E-state index contributed by atoms with van der Waals surface area (Å²) >= 11 is 0. The van der Waals surface area contributed by atoms with Crippen LogP contribution in [0.1, 0.15) is 73.1 Å². The van der Waals surface area contributed by atoms with Crippen LogP contribution in [-0.2, 0) is 0 Å². The van der Waals surface area contributed by atoms with E-state index in [1.807, 2.05) is 13.8 Å². The SMILES string of the molecule is C=C[C@@](C)(O)C[C@H]1[C@@]2(C)CCCC(C)(C)[C@@H]2CC[C@]1(C)O. The Balaban J connectivity index is 2.39. The van der Waals surface area contributed by atoms with Gasteiger partial charge in [-0.15, -0.1) is 6.58 Å². The zero-order valence-electron chi connectivity index (χ0n) is 14.6. The Hall–Kier alpha value is -0.340. The van der Waals surface area contributed by atoms with Gasteiger partial charge in [0, 0.05) is 0 Å². The van der Waals surface area contributed by atoms with Crippen molar-refractivity contribution in [2.45, 2.75) is 84.3 Å². The van der Waals surface area contributed by atoms with E-state index in [1.54, 1.807) is 6.08 Å². The predicted octanol–water partition coefficient (Wildman–Crippen LogP) is 4.31. The van der Waals surface area contributed by atoms with Gasteiger partial charge in [0.05, 0.1) is 11.2 Å². The molecule has 2 N–H and O–H groups in total. The van der Waals surface area contributed by atoms with Crippen molar-refractivity contribution in [1.29, 1.82) is 0 Å². The molecule has 2 aliphatic carbocycles. The second-order valence-electron chi connectivity index (χ2n) is 9.11. The summed E-state index contributed by atoms with van der Waals surface area (Å²) in [5, 5.41) is 21.5. The summed E-state index contributed by atoms with van der Waals surface area (Å²) in [6.07, 6.45) is 7.84. The minimum absolute atomic E-state index is 0.108. The first-order valence-corrected chi connectivity index (χ1v) is 8.53. The quantitative estimate of drug-likeness (QED) is 0.762. The van der Waals surface area contributed by atoms with Crippen molar-refractivity contribution in [3.63, 3.8) is 0 Å². The maximum Gasteiger partial charge on any atom is 0.0801 e. The van der Waals surface area contributed by atoms with Gasteiger partial charge in [-0.25, -0.2) is 0 Å². The lowest BCUT2D eigenvalue weighted by atomic mass is 9.44. The molecule has 2 fully saturated rings. The summed E-state index contributed by atoms with van der Waals surface area (Å²) < 4.78 is 0. The van der Waals surface area contributed by atoms with Crippen molar-refractivity contribution >= 4 is 0 Å². The van der Waals surface area contributed by atoms with Crippen LogP contribution >= 0.6 is 0 Å². The second kappa shape index (κ2) is 5.09. The Kier molecular flexibility index (Phi) is 4.13. The van der Waals surface area contributed by atoms with Gasteiger partial charge in [0.2, 0.25) is 0 Å². The van der Waals surface area contributed by atoms with Crippen molar-refractivity contribution in [1.82, 2.24) is 0 Å². The number of hydrogen-bond donors (Lipinski definition) is 2. The van der Waals surface area contributed by atoms with Crippen LogP contribution in [-0.4, -0.2) is 21.4 Å². The number of rotatable bonds is 3. The van der Waals surface area contributed by atoms with E-state index < -0.39 is 11.2 Å². The molecule has 0 amide bonds. The fourth-order valence-corrected chi connectivity index (χ4v) is 5.57. The van der Waals surface area contributed by atoms with Gasteiger partial charge in [-0.05, 0) is 68.6 Å². The highest BCUT2D eigenvalue weighted by Crippen LogP contribution is 2.63. The zero-order valence-corrected chi connectivity index (χ0v) is 14.6. The van der Waals surface area contributed by atoms with Gasteiger partial charge in [0.15, 0.2) is 0 Å². The average Bonchev–Trinajstić information content (AvgIpc) is 2.33. The summed E-state index contributed by atoms with van der Waals surface area (Å²) in [6.45, 7) is 14.7. The lowest BCUT2D eigenvalue weighted by molar-refractivity contribution is -0.180. The van der Waals surface area contributed by atoms with Gasteiger partial charge >= 0.3 is 0 Å². The second-order valence-corrected chi connectivity index (χ2v) is 9.11. The van der Waals surface area contributed by atoms with Gasteiger partial charge < -0.3 is 10.2 Å². The molecule has 2 saturated carbocycles. The van der Waals surface area contributed by atoms with E-state index in [4.69, 9.17) is 0 Å². The van der Waals surface area contributed by atoms with E-state index in [9.17, 15) is 10.2 Å². The third-order valence-corrected chi connectivity index (χ3v) is 6.82. The van der Waals surface area contributed by atoms with Crippen LogP contribution in [0.2, 0.25) is 0 Å². The van der Waals surface area contributed by atoms with Crippen molar-refractivity contribution < 1.29 is 10.2 Å². The molecule has 0 aromatic heterocycles. The largest absolute Gasteiger partial charge is 0.390 e. The lowest BCUT2D eigenvalue weighted by Crippen LogP contribution is -2.58. The minimum atomic E-state index is -0.902. The maximum absolute atomic E-state index is 11.0. The normalized spacial score (nSPS) is 45.5. The molecule has 122 valence electrons. The first kappa shape index (κ1) is 17.0. The van der Waals surface area contributed by atoms with Crippen LogP contribution in [0.4, 0.5) is 0 Å². The molecule has 0 saturated heterocycles.